The van der Waals surface area contributed by atoms with E-state index in [0.29, 0.717) is 11.5 Å². The Bertz CT molecular complexity index is 503. The Hall–Kier alpha value is -1.84. The van der Waals surface area contributed by atoms with Gasteiger partial charge in [0.2, 0.25) is 0 Å². The van der Waals surface area contributed by atoms with E-state index < -0.39 is 0 Å². The molecule has 0 atom stereocenters. The first-order chi connectivity index (χ1) is 7.08. The van der Waals surface area contributed by atoms with Crippen LogP contribution in [0.4, 0.5) is 10.3 Å². The fourth-order valence-electron chi connectivity index (χ4n) is 1.56. The van der Waals surface area contributed by atoms with Crippen LogP contribution in [0, 0.1) is 19.7 Å². The molecule has 0 spiro atoms. The fraction of sp³-hybridized carbons (Fsp3) is 0.182. The summed E-state index contributed by atoms with van der Waals surface area (Å²) in [6.07, 6.45) is 0. The maximum absolute atomic E-state index is 13.1. The summed E-state index contributed by atoms with van der Waals surface area (Å²) >= 11 is 0. The van der Waals surface area contributed by atoms with Gasteiger partial charge < -0.3 is 10.7 Å². The van der Waals surface area contributed by atoms with E-state index in [2.05, 4.69) is 9.97 Å². The number of aromatic nitrogens is 2. The van der Waals surface area contributed by atoms with Crippen LogP contribution in [0.5, 0.6) is 0 Å². The van der Waals surface area contributed by atoms with E-state index >= 15 is 0 Å². The second-order valence-corrected chi connectivity index (χ2v) is 3.56. The number of nitrogens with zero attached hydrogens (tertiary/aromatic N) is 1. The molecule has 0 bridgehead atoms. The van der Waals surface area contributed by atoms with Crippen LogP contribution in [0.3, 0.4) is 0 Å². The molecule has 3 N–H and O–H groups in total. The van der Waals surface area contributed by atoms with Crippen LogP contribution in [-0.2, 0) is 0 Å². The number of rotatable bonds is 1. The second kappa shape index (κ2) is 3.38. The van der Waals surface area contributed by atoms with Gasteiger partial charge in [-0.15, -0.1) is 0 Å². The summed E-state index contributed by atoms with van der Waals surface area (Å²) in [5.41, 5.74) is 8.68. The fourth-order valence-corrected chi connectivity index (χ4v) is 1.56. The highest BCUT2D eigenvalue weighted by Gasteiger charge is 2.08. The molecule has 0 saturated heterocycles. The number of imidazole rings is 1. The minimum atomic E-state index is -0.208. The molecule has 0 saturated carbocycles. The third kappa shape index (κ3) is 1.70. The second-order valence-electron chi connectivity index (χ2n) is 3.56. The number of anilines is 1. The van der Waals surface area contributed by atoms with Gasteiger partial charge in [-0.1, -0.05) is 0 Å². The van der Waals surface area contributed by atoms with Crippen molar-refractivity contribution in [1.29, 1.82) is 0 Å². The Morgan fingerprint density at radius 1 is 1.33 bits per heavy atom. The molecule has 0 radical (unpaired) electrons. The van der Waals surface area contributed by atoms with Crippen molar-refractivity contribution in [1.82, 2.24) is 9.97 Å². The minimum Gasteiger partial charge on any atom is -0.369 e. The summed E-state index contributed by atoms with van der Waals surface area (Å²) in [4.78, 5) is 7.06. The summed E-state index contributed by atoms with van der Waals surface area (Å²) in [7, 11) is 0. The molecule has 15 heavy (non-hydrogen) atoms. The van der Waals surface area contributed by atoms with Crippen molar-refractivity contribution in [3.05, 3.63) is 35.3 Å². The quantitative estimate of drug-likeness (QED) is 0.751. The Morgan fingerprint density at radius 2 is 2.07 bits per heavy atom. The molecule has 0 aliphatic heterocycles. The molecule has 0 unspecified atom stereocenters. The molecule has 1 aromatic heterocycles. The Morgan fingerprint density at radius 3 is 2.60 bits per heavy atom. The molecule has 78 valence electrons. The molecule has 1 aromatic carbocycles. The maximum atomic E-state index is 13.1. The molecule has 0 fully saturated rings. The van der Waals surface area contributed by atoms with Gasteiger partial charge in [-0.3, -0.25) is 0 Å². The van der Waals surface area contributed by atoms with E-state index in [-0.39, 0.29) is 5.82 Å². The molecule has 2 aromatic rings. The number of hydrogen-bond donors (Lipinski definition) is 2. The van der Waals surface area contributed by atoms with E-state index in [1.165, 1.54) is 6.07 Å². The van der Waals surface area contributed by atoms with Crippen molar-refractivity contribution < 1.29 is 4.39 Å². The van der Waals surface area contributed by atoms with E-state index in [1.807, 2.05) is 6.92 Å². The smallest absolute Gasteiger partial charge is 0.198 e. The number of hydrogen-bond acceptors (Lipinski definition) is 2. The van der Waals surface area contributed by atoms with Gasteiger partial charge in [-0.25, -0.2) is 9.37 Å². The number of H-pyrrole nitrogens is 1. The lowest BCUT2D eigenvalue weighted by molar-refractivity contribution is 0.619. The number of benzene rings is 1. The highest BCUT2D eigenvalue weighted by Crippen LogP contribution is 2.23. The average molecular weight is 205 g/mol. The standard InChI is InChI=1S/C11H12FN3/c1-6-5-8(3-4-9(6)12)10-7(2)14-11(13)15-10/h3-5H,1-2H3,(H3,13,14,15). The zero-order valence-electron chi connectivity index (χ0n) is 8.63. The lowest BCUT2D eigenvalue weighted by Crippen LogP contribution is -1.87. The predicted octanol–water partition coefficient (Wildman–Crippen LogP) is 2.41. The van der Waals surface area contributed by atoms with E-state index in [0.717, 1.165) is 17.0 Å². The monoisotopic (exact) mass is 205 g/mol. The zero-order valence-corrected chi connectivity index (χ0v) is 8.63. The number of aromatic amines is 1. The Kier molecular flexibility index (Phi) is 2.19. The summed E-state index contributed by atoms with van der Waals surface area (Å²) < 4.78 is 13.1. The van der Waals surface area contributed by atoms with Crippen LogP contribution in [0.2, 0.25) is 0 Å². The van der Waals surface area contributed by atoms with E-state index in [4.69, 9.17) is 5.73 Å². The maximum Gasteiger partial charge on any atom is 0.198 e. The lowest BCUT2D eigenvalue weighted by atomic mass is 10.1. The number of nitrogens with one attached hydrogen (secondary N) is 1. The van der Waals surface area contributed by atoms with Crippen molar-refractivity contribution >= 4 is 5.95 Å². The Balaban J connectivity index is 2.54. The van der Waals surface area contributed by atoms with Gasteiger partial charge in [-0.05, 0) is 37.6 Å². The molecule has 0 aliphatic carbocycles. The first kappa shape index (κ1) is 9.71. The topological polar surface area (TPSA) is 54.7 Å². The molecule has 0 amide bonds. The number of halogens is 1. The highest BCUT2D eigenvalue weighted by atomic mass is 19.1. The van der Waals surface area contributed by atoms with Gasteiger partial charge in [-0.2, -0.15) is 0 Å². The van der Waals surface area contributed by atoms with Gasteiger partial charge in [0.1, 0.15) is 5.82 Å². The van der Waals surface area contributed by atoms with Gasteiger partial charge in [0.05, 0.1) is 5.69 Å². The SMILES string of the molecule is Cc1cc(-c2nc(N)[nH]c2C)ccc1F. The molecule has 0 aliphatic rings. The van der Waals surface area contributed by atoms with Gasteiger partial charge in [0.15, 0.2) is 5.95 Å². The number of aryl methyl sites for hydroxylation is 2. The van der Waals surface area contributed by atoms with Crippen molar-refractivity contribution in [3.8, 4) is 11.3 Å². The minimum absolute atomic E-state index is 0.208. The van der Waals surface area contributed by atoms with Crippen molar-refractivity contribution in [2.24, 2.45) is 0 Å². The predicted molar refractivity (Wildman–Crippen MR) is 57.9 cm³/mol. The van der Waals surface area contributed by atoms with Crippen LogP contribution >= 0.6 is 0 Å². The van der Waals surface area contributed by atoms with Crippen molar-refractivity contribution in [2.45, 2.75) is 13.8 Å². The molecular weight excluding hydrogens is 193 g/mol. The van der Waals surface area contributed by atoms with Gasteiger partial charge in [0, 0.05) is 11.3 Å². The van der Waals surface area contributed by atoms with Crippen LogP contribution in [0.1, 0.15) is 11.3 Å². The average Bonchev–Trinajstić information content (AvgIpc) is 2.50. The summed E-state index contributed by atoms with van der Waals surface area (Å²) in [6, 6.07) is 4.90. The van der Waals surface area contributed by atoms with Crippen LogP contribution in [0.15, 0.2) is 18.2 Å². The highest BCUT2D eigenvalue weighted by molar-refractivity contribution is 5.64. The molecule has 4 heteroatoms. The van der Waals surface area contributed by atoms with Crippen LogP contribution in [0.25, 0.3) is 11.3 Å². The molecule has 3 nitrogen and oxygen atoms in total. The molecule has 1 heterocycles. The summed E-state index contributed by atoms with van der Waals surface area (Å²) in [6.45, 7) is 3.61. The van der Waals surface area contributed by atoms with Crippen molar-refractivity contribution in [3.63, 3.8) is 0 Å². The van der Waals surface area contributed by atoms with Gasteiger partial charge >= 0.3 is 0 Å². The normalized spacial score (nSPS) is 10.6. The molecular formula is C11H12FN3. The van der Waals surface area contributed by atoms with Crippen LogP contribution in [-0.4, -0.2) is 9.97 Å². The first-order valence-corrected chi connectivity index (χ1v) is 4.66. The van der Waals surface area contributed by atoms with Gasteiger partial charge in [0.25, 0.3) is 0 Å². The number of nitrogens with two attached hydrogens (primary N) is 1. The van der Waals surface area contributed by atoms with E-state index in [1.54, 1.807) is 19.1 Å². The number of nitrogen functional groups attached to an aromatic ring is 1. The van der Waals surface area contributed by atoms with E-state index in [9.17, 15) is 4.39 Å². The lowest BCUT2D eigenvalue weighted by Gasteiger charge is -2.01. The first-order valence-electron chi connectivity index (χ1n) is 4.66. The Labute approximate surface area is 87.2 Å². The summed E-state index contributed by atoms with van der Waals surface area (Å²) in [5.74, 6) is 0.171. The zero-order chi connectivity index (χ0) is 11.0. The van der Waals surface area contributed by atoms with Crippen molar-refractivity contribution in [2.75, 3.05) is 5.73 Å². The van der Waals surface area contributed by atoms with Crippen LogP contribution < -0.4 is 5.73 Å². The molecule has 2 rings (SSSR count). The summed E-state index contributed by atoms with van der Waals surface area (Å²) in [5, 5.41) is 0. The third-order valence-electron chi connectivity index (χ3n) is 2.33. The largest absolute Gasteiger partial charge is 0.369 e. The third-order valence-corrected chi connectivity index (χ3v) is 2.33.